The molecule has 0 aromatic rings. The van der Waals surface area contributed by atoms with Gasteiger partial charge in [-0.05, 0) is 50.3 Å². The van der Waals surface area contributed by atoms with Crippen LogP contribution in [-0.2, 0) is 0 Å². The predicted molar refractivity (Wildman–Crippen MR) is 108 cm³/mol. The van der Waals surface area contributed by atoms with Crippen LogP contribution in [0.1, 0.15) is 51.9 Å². The zero-order valence-electron chi connectivity index (χ0n) is 14.4. The Morgan fingerprint density at radius 1 is 0.739 bits per heavy atom. The molecule has 0 bridgehead atoms. The van der Waals surface area contributed by atoms with E-state index in [1.807, 2.05) is 0 Å². The maximum atomic E-state index is 9.00. The second-order valence-electron chi connectivity index (χ2n) is 5.36. The average Bonchev–Trinajstić information content (AvgIpc) is 2.58. The monoisotopic (exact) mass is 332 g/mol. The lowest BCUT2D eigenvalue weighted by Crippen LogP contribution is -2.04. The van der Waals surface area contributed by atoms with E-state index in [4.69, 9.17) is 17.3 Å². The van der Waals surface area contributed by atoms with E-state index in [1.165, 1.54) is 0 Å². The fourth-order valence-corrected chi connectivity index (χ4v) is 2.05. The number of aliphatic hydroxyl groups excluding tert-OH is 1. The molecule has 0 heterocycles. The lowest BCUT2D eigenvalue weighted by atomic mass is 10.1. The van der Waals surface area contributed by atoms with Crippen molar-refractivity contribution in [2.24, 2.45) is 5.92 Å². The highest BCUT2D eigenvalue weighted by atomic mass is 32.1. The van der Waals surface area contributed by atoms with E-state index in [-0.39, 0.29) is 12.5 Å². The third-order valence-electron chi connectivity index (χ3n) is 3.25. The van der Waals surface area contributed by atoms with E-state index in [9.17, 15) is 0 Å². The lowest BCUT2D eigenvalue weighted by Gasteiger charge is -2.01. The second-order valence-corrected chi connectivity index (χ2v) is 5.64. The number of rotatable bonds is 14. The lowest BCUT2D eigenvalue weighted by molar-refractivity contribution is 0.265. The zero-order valence-corrected chi connectivity index (χ0v) is 15.3. The van der Waals surface area contributed by atoms with Crippen LogP contribution in [0.25, 0.3) is 0 Å². The molecule has 0 aromatic carbocycles. The summed E-state index contributed by atoms with van der Waals surface area (Å²) >= 11 is 4.84. The van der Waals surface area contributed by atoms with Gasteiger partial charge in [-0.1, -0.05) is 79.9 Å². The van der Waals surface area contributed by atoms with E-state index < -0.39 is 0 Å². The van der Waals surface area contributed by atoms with Crippen LogP contribution in [0.4, 0.5) is 0 Å². The van der Waals surface area contributed by atoms with E-state index in [2.05, 4.69) is 67.7 Å². The first kappa shape index (κ1) is 21.8. The van der Waals surface area contributed by atoms with Crippen molar-refractivity contribution in [2.75, 3.05) is 6.61 Å². The molecule has 128 valence electrons. The van der Waals surface area contributed by atoms with Crippen molar-refractivity contribution in [1.82, 2.24) is 0 Å². The fourth-order valence-electron chi connectivity index (χ4n) is 1.85. The summed E-state index contributed by atoms with van der Waals surface area (Å²) in [5.41, 5.74) is 0. The summed E-state index contributed by atoms with van der Waals surface area (Å²) in [6.07, 6.45) is 29.1. The molecule has 0 saturated carbocycles. The first-order valence-corrected chi connectivity index (χ1v) is 9.13. The Kier molecular flexibility index (Phi) is 17.8. The van der Waals surface area contributed by atoms with Gasteiger partial charge < -0.3 is 5.11 Å². The van der Waals surface area contributed by atoms with Gasteiger partial charge in [0, 0.05) is 5.92 Å². The normalized spacial score (nSPS) is 14.2. The van der Waals surface area contributed by atoms with E-state index in [0.29, 0.717) is 0 Å². The number of thiocarbonyl (C=S) groups is 1. The molecule has 0 aliphatic rings. The van der Waals surface area contributed by atoms with Gasteiger partial charge in [-0.3, -0.25) is 0 Å². The molecule has 0 rings (SSSR count). The van der Waals surface area contributed by atoms with Crippen molar-refractivity contribution < 1.29 is 5.11 Å². The van der Waals surface area contributed by atoms with E-state index >= 15 is 0 Å². The molecule has 0 saturated heterocycles. The largest absolute Gasteiger partial charge is 0.396 e. The van der Waals surface area contributed by atoms with Gasteiger partial charge in [0.2, 0.25) is 0 Å². The molecule has 0 aliphatic carbocycles. The zero-order chi connectivity index (χ0) is 17.0. The molecule has 0 fully saturated rings. The van der Waals surface area contributed by atoms with Gasteiger partial charge in [0.25, 0.3) is 0 Å². The van der Waals surface area contributed by atoms with Crippen LogP contribution in [0.5, 0.6) is 0 Å². The van der Waals surface area contributed by atoms with Crippen molar-refractivity contribution in [3.8, 4) is 0 Å². The molecule has 1 N–H and O–H groups in total. The molecule has 0 amide bonds. The Morgan fingerprint density at radius 3 is 1.70 bits per heavy atom. The van der Waals surface area contributed by atoms with E-state index in [1.54, 1.807) is 5.37 Å². The summed E-state index contributed by atoms with van der Waals surface area (Å²) in [4.78, 5) is 0. The van der Waals surface area contributed by atoms with Crippen molar-refractivity contribution in [1.29, 1.82) is 0 Å². The maximum Gasteiger partial charge on any atom is 0.0505 e. The maximum absolute atomic E-state index is 9.00. The molecule has 1 unspecified atom stereocenters. The third kappa shape index (κ3) is 16.9. The standard InChI is InChI=1S/C21H32OS/c1-2-3-4-5-6-7-8-9-10-11-12-13-14-15-16-17-18-21(19-22)20-23/h3-4,6-7,9-10,12-13,16-17,20-22H,2,5,8,11,14-15,18-19H2,1H3/b4-3-,7-6-,10-9-,13-12-,17-16+. The number of allylic oxidation sites excluding steroid dienone is 10. The van der Waals surface area contributed by atoms with Gasteiger partial charge in [0.1, 0.15) is 0 Å². The Morgan fingerprint density at radius 2 is 1.22 bits per heavy atom. The minimum absolute atomic E-state index is 0.124. The quantitative estimate of drug-likeness (QED) is 0.235. The van der Waals surface area contributed by atoms with Crippen LogP contribution in [0.2, 0.25) is 0 Å². The molecular formula is C21H32OS. The molecule has 0 aromatic heterocycles. The molecule has 23 heavy (non-hydrogen) atoms. The number of hydrogen-bond donors (Lipinski definition) is 1. The summed E-state index contributed by atoms with van der Waals surface area (Å²) < 4.78 is 0. The van der Waals surface area contributed by atoms with Crippen molar-refractivity contribution in [2.45, 2.75) is 51.9 Å². The molecule has 0 radical (unpaired) electrons. The second kappa shape index (κ2) is 18.8. The van der Waals surface area contributed by atoms with Gasteiger partial charge in [0.05, 0.1) is 6.61 Å². The van der Waals surface area contributed by atoms with Gasteiger partial charge in [-0.15, -0.1) is 0 Å². The first-order valence-electron chi connectivity index (χ1n) is 8.66. The SMILES string of the molecule is CC/C=C\C/C=C\C/C=C\C/C=C\CC/C=C/CC(C=S)CO. The van der Waals surface area contributed by atoms with Gasteiger partial charge in [-0.25, -0.2) is 0 Å². The topological polar surface area (TPSA) is 20.2 Å². The number of hydrogen-bond acceptors (Lipinski definition) is 2. The predicted octanol–water partition coefficient (Wildman–Crippen LogP) is 6.13. The Hall–Kier alpha value is -1.25. The fraction of sp³-hybridized carbons (Fsp3) is 0.476. The first-order chi connectivity index (χ1) is 11.3. The van der Waals surface area contributed by atoms with Gasteiger partial charge in [-0.2, -0.15) is 0 Å². The summed E-state index contributed by atoms with van der Waals surface area (Å²) in [6, 6.07) is 0. The molecule has 1 nitrogen and oxygen atoms in total. The van der Waals surface area contributed by atoms with Crippen LogP contribution in [0.3, 0.4) is 0 Å². The molecule has 0 aliphatic heterocycles. The summed E-state index contributed by atoms with van der Waals surface area (Å²) in [5.74, 6) is 0.124. The molecule has 1 atom stereocenters. The Labute approximate surface area is 148 Å². The molecule has 2 heteroatoms. The highest BCUT2D eigenvalue weighted by Crippen LogP contribution is 2.02. The highest BCUT2D eigenvalue weighted by Gasteiger charge is 1.98. The van der Waals surface area contributed by atoms with Crippen LogP contribution in [0, 0.1) is 5.92 Å². The third-order valence-corrected chi connectivity index (χ3v) is 3.64. The molecule has 0 spiro atoms. The van der Waals surface area contributed by atoms with Crippen molar-refractivity contribution >= 4 is 17.6 Å². The van der Waals surface area contributed by atoms with Gasteiger partial charge in [0.15, 0.2) is 0 Å². The van der Waals surface area contributed by atoms with Crippen LogP contribution < -0.4 is 0 Å². The molecular weight excluding hydrogens is 300 g/mol. The highest BCUT2D eigenvalue weighted by molar-refractivity contribution is 7.79. The Bertz CT molecular complexity index is 402. The van der Waals surface area contributed by atoms with Crippen LogP contribution >= 0.6 is 12.2 Å². The Balaban J connectivity index is 3.53. The van der Waals surface area contributed by atoms with Crippen LogP contribution in [0.15, 0.2) is 60.8 Å². The van der Waals surface area contributed by atoms with Gasteiger partial charge >= 0.3 is 0 Å². The van der Waals surface area contributed by atoms with Crippen molar-refractivity contribution in [3.05, 3.63) is 60.8 Å². The van der Waals surface area contributed by atoms with E-state index in [0.717, 1.165) is 44.9 Å². The van der Waals surface area contributed by atoms with Crippen LogP contribution in [-0.4, -0.2) is 17.1 Å². The summed E-state index contributed by atoms with van der Waals surface area (Å²) in [6.45, 7) is 2.30. The van der Waals surface area contributed by atoms with Crippen molar-refractivity contribution in [3.63, 3.8) is 0 Å². The summed E-state index contributed by atoms with van der Waals surface area (Å²) in [7, 11) is 0. The minimum atomic E-state index is 0.124. The number of unbranched alkanes of at least 4 members (excludes halogenated alkanes) is 1. The average molecular weight is 333 g/mol. The number of aliphatic hydroxyl groups is 1. The summed E-state index contributed by atoms with van der Waals surface area (Å²) in [5, 5.41) is 10.6. The smallest absolute Gasteiger partial charge is 0.0505 e. The minimum Gasteiger partial charge on any atom is -0.396 e.